The Morgan fingerprint density at radius 2 is 1.77 bits per heavy atom. The van der Waals surface area contributed by atoms with Gasteiger partial charge in [-0.15, -0.1) is 4.91 Å². The average Bonchev–Trinajstić information content (AvgIpc) is 2.66. The van der Waals surface area contributed by atoms with Crippen molar-refractivity contribution in [1.29, 1.82) is 0 Å². The minimum atomic E-state index is -0.567. The quantitative estimate of drug-likeness (QED) is 0.663. The van der Waals surface area contributed by atoms with Gasteiger partial charge in [0.05, 0.1) is 5.69 Å². The van der Waals surface area contributed by atoms with E-state index in [2.05, 4.69) is 15.8 Å². The molecule has 1 heterocycles. The lowest BCUT2D eigenvalue weighted by Gasteiger charge is -2.39. The van der Waals surface area contributed by atoms with Gasteiger partial charge in [-0.3, -0.25) is 0 Å². The third kappa shape index (κ3) is 6.00. The molecule has 0 saturated carbocycles. The Labute approximate surface area is 179 Å². The summed E-state index contributed by atoms with van der Waals surface area (Å²) in [6.45, 7) is 6.69. The molecule has 0 aliphatic carbocycles. The number of alkyl carbamates (subject to hydrolysis) is 1. The molecule has 0 aromatic heterocycles. The number of hydrogen-bond acceptors (Lipinski definition) is 5. The van der Waals surface area contributed by atoms with Gasteiger partial charge in [-0.05, 0) is 61.3 Å². The second-order valence-electron chi connectivity index (χ2n) is 8.41. The minimum Gasteiger partial charge on any atom is -0.444 e. The van der Waals surface area contributed by atoms with Crippen LogP contribution in [0.2, 0.25) is 0 Å². The lowest BCUT2D eigenvalue weighted by molar-refractivity contribution is 0.0493. The fourth-order valence-corrected chi connectivity index (χ4v) is 3.14. The number of amides is 3. The van der Waals surface area contributed by atoms with Crippen molar-refractivity contribution in [2.45, 2.75) is 26.4 Å². The van der Waals surface area contributed by atoms with E-state index in [0.717, 1.165) is 5.56 Å². The molecule has 2 aromatic rings. The van der Waals surface area contributed by atoms with Crippen LogP contribution in [-0.4, -0.2) is 42.3 Å². The zero-order chi connectivity index (χ0) is 22.6. The summed E-state index contributed by atoms with van der Waals surface area (Å²) in [6.07, 6.45) is -0.491. The second kappa shape index (κ2) is 9.11. The van der Waals surface area contributed by atoms with Crippen molar-refractivity contribution in [3.05, 3.63) is 53.2 Å². The van der Waals surface area contributed by atoms with E-state index in [1.165, 1.54) is 18.2 Å². The maximum atomic E-state index is 13.2. The summed E-state index contributed by atoms with van der Waals surface area (Å²) >= 11 is 0. The SMILES string of the molecule is CC(C)(C)OC(=O)NCC1CN(C(=O)Nc2cc(-c3ccc(F)cc3)ccc2N=O)C1. The van der Waals surface area contributed by atoms with E-state index in [0.29, 0.717) is 25.2 Å². The first-order valence-corrected chi connectivity index (χ1v) is 9.91. The molecular weight excluding hydrogens is 403 g/mol. The number of ether oxygens (including phenoxy) is 1. The molecule has 8 nitrogen and oxygen atoms in total. The van der Waals surface area contributed by atoms with Gasteiger partial charge in [0.1, 0.15) is 17.1 Å². The maximum Gasteiger partial charge on any atom is 0.407 e. The first kappa shape index (κ1) is 22.2. The number of carbonyl (C=O) groups is 2. The molecule has 1 saturated heterocycles. The zero-order valence-corrected chi connectivity index (χ0v) is 17.6. The van der Waals surface area contributed by atoms with Gasteiger partial charge in [0.25, 0.3) is 0 Å². The van der Waals surface area contributed by atoms with Crippen LogP contribution in [0.5, 0.6) is 0 Å². The normalized spacial score (nSPS) is 13.9. The van der Waals surface area contributed by atoms with Crippen LogP contribution in [0.3, 0.4) is 0 Å². The number of urea groups is 1. The summed E-state index contributed by atoms with van der Waals surface area (Å²) in [4.78, 5) is 37.0. The number of benzene rings is 2. The standard InChI is InChI=1S/C22H25FN4O4/c1-22(2,3)31-21(29)24-11-14-12-27(13-14)20(28)25-19-10-16(6-9-18(19)26-30)15-4-7-17(23)8-5-15/h4-10,14H,11-13H2,1-3H3,(H,24,29)(H,25,28). The van der Waals surface area contributed by atoms with Gasteiger partial charge in [0.2, 0.25) is 0 Å². The number of nitroso groups, excluding NO2 is 1. The van der Waals surface area contributed by atoms with Gasteiger partial charge < -0.3 is 20.3 Å². The van der Waals surface area contributed by atoms with E-state index in [1.54, 1.807) is 49.9 Å². The molecule has 31 heavy (non-hydrogen) atoms. The molecule has 3 rings (SSSR count). The fraction of sp³-hybridized carbons (Fsp3) is 0.364. The smallest absolute Gasteiger partial charge is 0.407 e. The summed E-state index contributed by atoms with van der Waals surface area (Å²) in [5.74, 6) is -0.232. The lowest BCUT2D eigenvalue weighted by atomic mass is 10.0. The molecule has 1 aliphatic rings. The highest BCUT2D eigenvalue weighted by Crippen LogP contribution is 2.31. The average molecular weight is 428 g/mol. The van der Waals surface area contributed by atoms with Crippen LogP contribution in [0, 0.1) is 16.6 Å². The van der Waals surface area contributed by atoms with E-state index in [4.69, 9.17) is 4.74 Å². The van der Waals surface area contributed by atoms with Crippen LogP contribution in [0.15, 0.2) is 47.6 Å². The fourth-order valence-electron chi connectivity index (χ4n) is 3.14. The topological polar surface area (TPSA) is 100 Å². The van der Waals surface area contributed by atoms with Crippen LogP contribution in [0.25, 0.3) is 11.1 Å². The van der Waals surface area contributed by atoms with Crippen LogP contribution in [0.4, 0.5) is 25.4 Å². The van der Waals surface area contributed by atoms with Crippen molar-refractivity contribution < 1.29 is 18.7 Å². The molecule has 1 fully saturated rings. The second-order valence-corrected chi connectivity index (χ2v) is 8.41. The Balaban J connectivity index is 1.56. The molecule has 0 atom stereocenters. The van der Waals surface area contributed by atoms with E-state index in [9.17, 15) is 18.9 Å². The number of nitrogens with zero attached hydrogens (tertiary/aromatic N) is 2. The third-order valence-electron chi connectivity index (χ3n) is 4.69. The van der Waals surface area contributed by atoms with Crippen molar-refractivity contribution in [1.82, 2.24) is 10.2 Å². The van der Waals surface area contributed by atoms with Gasteiger partial charge in [0, 0.05) is 25.6 Å². The number of halogens is 1. The van der Waals surface area contributed by atoms with E-state index >= 15 is 0 Å². The van der Waals surface area contributed by atoms with Gasteiger partial charge in [0.15, 0.2) is 0 Å². The number of hydrogen-bond donors (Lipinski definition) is 2. The molecule has 2 aromatic carbocycles. The molecule has 0 radical (unpaired) electrons. The molecule has 0 spiro atoms. The first-order valence-electron chi connectivity index (χ1n) is 9.91. The number of likely N-dealkylation sites (tertiary alicyclic amines) is 1. The maximum absolute atomic E-state index is 13.2. The Kier molecular flexibility index (Phi) is 6.53. The van der Waals surface area contributed by atoms with Crippen molar-refractivity contribution >= 4 is 23.5 Å². The number of nitrogens with one attached hydrogen (secondary N) is 2. The van der Waals surface area contributed by atoms with Gasteiger partial charge in [-0.1, -0.05) is 18.2 Å². The van der Waals surface area contributed by atoms with Crippen molar-refractivity contribution in [3.8, 4) is 11.1 Å². The van der Waals surface area contributed by atoms with E-state index in [1.807, 2.05) is 0 Å². The Bertz CT molecular complexity index is 966. The monoisotopic (exact) mass is 428 g/mol. The van der Waals surface area contributed by atoms with E-state index in [-0.39, 0.29) is 29.1 Å². The molecule has 0 bridgehead atoms. The van der Waals surface area contributed by atoms with Gasteiger partial charge >= 0.3 is 12.1 Å². The molecule has 2 N–H and O–H groups in total. The van der Waals surface area contributed by atoms with Crippen LogP contribution < -0.4 is 10.6 Å². The Morgan fingerprint density at radius 1 is 1.13 bits per heavy atom. The third-order valence-corrected chi connectivity index (χ3v) is 4.69. The van der Waals surface area contributed by atoms with Crippen LogP contribution in [0.1, 0.15) is 20.8 Å². The zero-order valence-electron chi connectivity index (χ0n) is 17.6. The highest BCUT2D eigenvalue weighted by atomic mass is 19.1. The molecule has 1 aliphatic heterocycles. The number of carbonyl (C=O) groups excluding carboxylic acids is 2. The van der Waals surface area contributed by atoms with Gasteiger partial charge in [-0.25, -0.2) is 14.0 Å². The van der Waals surface area contributed by atoms with Crippen LogP contribution in [-0.2, 0) is 4.74 Å². The van der Waals surface area contributed by atoms with Crippen LogP contribution >= 0.6 is 0 Å². The van der Waals surface area contributed by atoms with Gasteiger partial charge in [-0.2, -0.15) is 0 Å². The minimum absolute atomic E-state index is 0.0999. The molecule has 164 valence electrons. The largest absolute Gasteiger partial charge is 0.444 e. The van der Waals surface area contributed by atoms with Crippen molar-refractivity contribution in [2.75, 3.05) is 25.0 Å². The predicted molar refractivity (Wildman–Crippen MR) is 116 cm³/mol. The summed E-state index contributed by atoms with van der Waals surface area (Å²) in [7, 11) is 0. The predicted octanol–water partition coefficient (Wildman–Crippen LogP) is 4.88. The number of anilines is 1. The highest BCUT2D eigenvalue weighted by molar-refractivity contribution is 5.94. The highest BCUT2D eigenvalue weighted by Gasteiger charge is 2.31. The number of rotatable bonds is 5. The summed E-state index contributed by atoms with van der Waals surface area (Å²) in [6, 6.07) is 10.4. The van der Waals surface area contributed by atoms with E-state index < -0.39 is 11.7 Å². The first-order chi connectivity index (χ1) is 14.6. The summed E-state index contributed by atoms with van der Waals surface area (Å²) in [5, 5.41) is 8.37. The van der Waals surface area contributed by atoms with Crippen molar-refractivity contribution in [2.24, 2.45) is 11.1 Å². The lowest BCUT2D eigenvalue weighted by Crippen LogP contribution is -2.55. The molecule has 0 unspecified atom stereocenters. The Hall–Kier alpha value is -3.49. The summed E-state index contributed by atoms with van der Waals surface area (Å²) in [5.41, 5.74) is 1.26. The van der Waals surface area contributed by atoms with Crippen molar-refractivity contribution in [3.63, 3.8) is 0 Å². The Morgan fingerprint density at radius 3 is 2.39 bits per heavy atom. The summed E-state index contributed by atoms with van der Waals surface area (Å²) < 4.78 is 18.3. The molecule has 9 heteroatoms. The molecular formula is C22H25FN4O4. The molecule has 3 amide bonds.